The molecule has 3 rings (SSSR count). The third-order valence-electron chi connectivity index (χ3n) is 4.03. The molecular formula is C21H17ClO2. The van der Waals surface area contributed by atoms with E-state index in [2.05, 4.69) is 0 Å². The van der Waals surface area contributed by atoms with Crippen LogP contribution in [0.15, 0.2) is 84.9 Å². The number of halogens is 1. The maximum absolute atomic E-state index is 13.0. The van der Waals surface area contributed by atoms with Gasteiger partial charge in [0.25, 0.3) is 0 Å². The number of hydrogen-bond donors (Lipinski definition) is 1. The summed E-state index contributed by atoms with van der Waals surface area (Å²) in [5.74, 6) is -0.779. The quantitative estimate of drug-likeness (QED) is 0.663. The van der Waals surface area contributed by atoms with Crippen LogP contribution < -0.4 is 0 Å². The molecule has 3 heteroatoms. The lowest BCUT2D eigenvalue weighted by Gasteiger charge is -2.23. The smallest absolute Gasteiger partial charge is 0.173 e. The number of Topliss-reactive ketones (excluding diaryl/α,β-unsaturated/α-hetero) is 1. The summed E-state index contributed by atoms with van der Waals surface area (Å²) in [6.07, 6.45) is -0.947. The average molecular weight is 337 g/mol. The first-order valence-electron chi connectivity index (χ1n) is 7.74. The van der Waals surface area contributed by atoms with E-state index in [1.165, 1.54) is 0 Å². The summed E-state index contributed by atoms with van der Waals surface area (Å²) in [6, 6.07) is 25.4. The van der Waals surface area contributed by atoms with Gasteiger partial charge in [0.1, 0.15) is 0 Å². The van der Waals surface area contributed by atoms with Gasteiger partial charge in [-0.2, -0.15) is 0 Å². The summed E-state index contributed by atoms with van der Waals surface area (Å²) in [4.78, 5) is 13.0. The maximum Gasteiger partial charge on any atom is 0.173 e. The van der Waals surface area contributed by atoms with Gasteiger partial charge in [0.05, 0.1) is 12.0 Å². The lowest BCUT2D eigenvalue weighted by Crippen LogP contribution is -2.20. The first-order valence-corrected chi connectivity index (χ1v) is 8.12. The lowest BCUT2D eigenvalue weighted by atomic mass is 9.83. The van der Waals surface area contributed by atoms with Gasteiger partial charge in [-0.05, 0) is 23.3 Å². The topological polar surface area (TPSA) is 37.3 Å². The minimum Gasteiger partial charge on any atom is -0.387 e. The van der Waals surface area contributed by atoms with Crippen LogP contribution in [0.3, 0.4) is 0 Å². The molecule has 0 amide bonds. The molecule has 3 aromatic carbocycles. The number of aliphatic hydroxyl groups is 1. The minimum absolute atomic E-state index is 0.107. The standard InChI is InChI=1S/C21H17ClO2/c22-18-13-11-17(12-14-18)21(24)19(15-7-3-1-4-8-15)20(23)16-9-5-2-6-10-16/h1-14,19,21,24H/t19-,21+/m1/s1. The van der Waals surface area contributed by atoms with E-state index in [4.69, 9.17) is 11.6 Å². The second kappa shape index (κ2) is 7.43. The molecule has 0 heterocycles. The van der Waals surface area contributed by atoms with Gasteiger partial charge >= 0.3 is 0 Å². The number of benzene rings is 3. The molecule has 0 aromatic heterocycles. The zero-order valence-electron chi connectivity index (χ0n) is 13.0. The lowest BCUT2D eigenvalue weighted by molar-refractivity contribution is 0.0810. The summed E-state index contributed by atoms with van der Waals surface area (Å²) in [5.41, 5.74) is 2.03. The molecule has 1 N–H and O–H groups in total. The Bertz CT molecular complexity index is 798. The van der Waals surface area contributed by atoms with E-state index in [0.717, 1.165) is 5.56 Å². The fourth-order valence-corrected chi connectivity index (χ4v) is 2.90. The monoisotopic (exact) mass is 336 g/mol. The zero-order valence-corrected chi connectivity index (χ0v) is 13.7. The fraction of sp³-hybridized carbons (Fsp3) is 0.0952. The van der Waals surface area contributed by atoms with E-state index in [9.17, 15) is 9.90 Å². The van der Waals surface area contributed by atoms with Crippen molar-refractivity contribution in [1.29, 1.82) is 0 Å². The van der Waals surface area contributed by atoms with Crippen LogP contribution in [0, 0.1) is 0 Å². The molecule has 0 aliphatic heterocycles. The predicted octanol–water partition coefficient (Wildman–Crippen LogP) is 5.04. The highest BCUT2D eigenvalue weighted by Crippen LogP contribution is 2.34. The van der Waals surface area contributed by atoms with E-state index in [1.54, 1.807) is 36.4 Å². The van der Waals surface area contributed by atoms with Crippen LogP contribution >= 0.6 is 11.6 Å². The highest BCUT2D eigenvalue weighted by molar-refractivity contribution is 6.30. The van der Waals surface area contributed by atoms with Gasteiger partial charge in [-0.25, -0.2) is 0 Å². The molecule has 0 aliphatic carbocycles. The molecule has 120 valence electrons. The Kier molecular flexibility index (Phi) is 5.09. The number of hydrogen-bond acceptors (Lipinski definition) is 2. The number of carbonyl (C=O) groups excluding carboxylic acids is 1. The van der Waals surface area contributed by atoms with E-state index < -0.39 is 12.0 Å². The van der Waals surface area contributed by atoms with Gasteiger partial charge in [-0.1, -0.05) is 84.4 Å². The number of ketones is 1. The van der Waals surface area contributed by atoms with Crippen molar-refractivity contribution in [2.45, 2.75) is 12.0 Å². The molecule has 0 fully saturated rings. The van der Waals surface area contributed by atoms with Gasteiger partial charge in [-0.3, -0.25) is 4.79 Å². The van der Waals surface area contributed by atoms with Crippen molar-refractivity contribution in [3.8, 4) is 0 Å². The molecule has 0 aliphatic rings. The van der Waals surface area contributed by atoms with Crippen molar-refractivity contribution in [2.75, 3.05) is 0 Å². The third kappa shape index (κ3) is 3.56. The first-order chi connectivity index (χ1) is 11.7. The number of aliphatic hydroxyl groups excluding tert-OH is 1. The Morgan fingerprint density at radius 1 is 0.750 bits per heavy atom. The van der Waals surface area contributed by atoms with Crippen LogP contribution in [0.4, 0.5) is 0 Å². The number of carbonyl (C=O) groups is 1. The molecule has 0 bridgehead atoms. The molecule has 2 atom stereocenters. The Morgan fingerprint density at radius 2 is 1.29 bits per heavy atom. The second-order valence-electron chi connectivity index (χ2n) is 5.62. The summed E-state index contributed by atoms with van der Waals surface area (Å²) < 4.78 is 0. The highest BCUT2D eigenvalue weighted by Gasteiger charge is 2.30. The van der Waals surface area contributed by atoms with Crippen molar-refractivity contribution < 1.29 is 9.90 Å². The van der Waals surface area contributed by atoms with Gasteiger partial charge in [0.2, 0.25) is 0 Å². The summed E-state index contributed by atoms with van der Waals surface area (Å²) >= 11 is 5.92. The van der Waals surface area contributed by atoms with Crippen molar-refractivity contribution in [2.24, 2.45) is 0 Å². The Morgan fingerprint density at radius 3 is 1.88 bits per heavy atom. The van der Waals surface area contributed by atoms with Crippen molar-refractivity contribution in [3.63, 3.8) is 0 Å². The second-order valence-corrected chi connectivity index (χ2v) is 6.05. The van der Waals surface area contributed by atoms with Crippen LogP contribution in [0.2, 0.25) is 5.02 Å². The van der Waals surface area contributed by atoms with E-state index in [1.807, 2.05) is 48.5 Å². The summed E-state index contributed by atoms with van der Waals surface area (Å²) in [5, 5.41) is 11.5. The Hall–Kier alpha value is -2.42. The Labute approximate surface area is 146 Å². The zero-order chi connectivity index (χ0) is 16.9. The summed E-state index contributed by atoms with van der Waals surface area (Å²) in [6.45, 7) is 0. The molecule has 0 radical (unpaired) electrons. The highest BCUT2D eigenvalue weighted by atomic mass is 35.5. The van der Waals surface area contributed by atoms with Gasteiger partial charge in [-0.15, -0.1) is 0 Å². The van der Waals surface area contributed by atoms with Gasteiger partial charge in [0.15, 0.2) is 5.78 Å². The average Bonchev–Trinajstić information content (AvgIpc) is 2.64. The van der Waals surface area contributed by atoms with Crippen LogP contribution in [-0.2, 0) is 0 Å². The Balaban J connectivity index is 2.02. The molecule has 24 heavy (non-hydrogen) atoms. The minimum atomic E-state index is -0.947. The number of rotatable bonds is 5. The summed E-state index contributed by atoms with van der Waals surface area (Å²) in [7, 11) is 0. The molecule has 3 aromatic rings. The van der Waals surface area contributed by atoms with Crippen LogP contribution in [-0.4, -0.2) is 10.9 Å². The van der Waals surface area contributed by atoms with Crippen molar-refractivity contribution >= 4 is 17.4 Å². The van der Waals surface area contributed by atoms with Crippen molar-refractivity contribution in [3.05, 3.63) is 107 Å². The van der Waals surface area contributed by atoms with Crippen molar-refractivity contribution in [1.82, 2.24) is 0 Å². The molecule has 0 spiro atoms. The van der Waals surface area contributed by atoms with E-state index in [0.29, 0.717) is 16.1 Å². The van der Waals surface area contributed by atoms with Gasteiger partial charge < -0.3 is 5.11 Å². The van der Waals surface area contributed by atoms with Crippen LogP contribution in [0.1, 0.15) is 33.5 Å². The normalized spacial score (nSPS) is 13.2. The first kappa shape index (κ1) is 16.4. The molecule has 0 saturated heterocycles. The molecule has 2 nitrogen and oxygen atoms in total. The van der Waals surface area contributed by atoms with E-state index >= 15 is 0 Å². The third-order valence-corrected chi connectivity index (χ3v) is 4.28. The molecule has 0 saturated carbocycles. The molecule has 0 unspecified atom stereocenters. The molecular weight excluding hydrogens is 320 g/mol. The van der Waals surface area contributed by atoms with Crippen LogP contribution in [0.5, 0.6) is 0 Å². The predicted molar refractivity (Wildman–Crippen MR) is 96.4 cm³/mol. The maximum atomic E-state index is 13.0. The SMILES string of the molecule is O=C(c1ccccc1)[C@@H](c1ccccc1)[C@@H](O)c1ccc(Cl)cc1. The van der Waals surface area contributed by atoms with Crippen LogP contribution in [0.25, 0.3) is 0 Å². The fourth-order valence-electron chi connectivity index (χ4n) is 2.77. The van der Waals surface area contributed by atoms with E-state index in [-0.39, 0.29) is 5.78 Å². The largest absolute Gasteiger partial charge is 0.387 e. The van der Waals surface area contributed by atoms with Gasteiger partial charge in [0, 0.05) is 10.6 Å².